The number of methoxy groups -OCH3 is 1. The van der Waals surface area contributed by atoms with Crippen molar-refractivity contribution in [3.63, 3.8) is 0 Å². The summed E-state index contributed by atoms with van der Waals surface area (Å²) in [5.41, 5.74) is 1.52. The molecule has 156 valence electrons. The standard InChI is InChI=1S/C23H25N3O3S/c1-29-20-8-5-11-24-19(20)14-26-12-10-23(21(27)15-26,18-6-3-2-4-7-18)25-22(28)17-9-13-30-16-17/h2-9,11,13,16,21,27H,10,12,14-15H2,1H3,(H,25,28)/t21-,23+/m1/s1. The molecule has 6 nitrogen and oxygen atoms in total. The first-order chi connectivity index (χ1) is 14.6. The van der Waals surface area contributed by atoms with Crippen LogP contribution in [0.3, 0.4) is 0 Å². The van der Waals surface area contributed by atoms with Crippen molar-refractivity contribution < 1.29 is 14.6 Å². The minimum absolute atomic E-state index is 0.168. The van der Waals surface area contributed by atoms with Crippen LogP contribution in [0.4, 0.5) is 0 Å². The van der Waals surface area contributed by atoms with Crippen LogP contribution in [0, 0.1) is 0 Å². The predicted octanol–water partition coefficient (Wildman–Crippen LogP) is 3.04. The van der Waals surface area contributed by atoms with Gasteiger partial charge >= 0.3 is 0 Å². The lowest BCUT2D eigenvalue weighted by Crippen LogP contribution is -2.61. The van der Waals surface area contributed by atoms with E-state index in [2.05, 4.69) is 15.2 Å². The van der Waals surface area contributed by atoms with E-state index in [0.717, 1.165) is 17.0 Å². The lowest BCUT2D eigenvalue weighted by atomic mass is 9.78. The third kappa shape index (κ3) is 4.09. The zero-order valence-electron chi connectivity index (χ0n) is 16.8. The summed E-state index contributed by atoms with van der Waals surface area (Å²) in [6.07, 6.45) is 1.56. The average molecular weight is 424 g/mol. The van der Waals surface area contributed by atoms with Crippen LogP contribution in [0.5, 0.6) is 5.75 Å². The van der Waals surface area contributed by atoms with E-state index in [1.165, 1.54) is 11.3 Å². The molecular formula is C23H25N3O3S. The number of carbonyl (C=O) groups is 1. The number of hydrogen-bond donors (Lipinski definition) is 2. The number of benzene rings is 1. The van der Waals surface area contributed by atoms with Crippen molar-refractivity contribution in [3.05, 3.63) is 82.3 Å². The number of thiophene rings is 1. The lowest BCUT2D eigenvalue weighted by Gasteiger charge is -2.46. The minimum Gasteiger partial charge on any atom is -0.495 e. The number of nitrogens with zero attached hydrogens (tertiary/aromatic N) is 2. The second-order valence-electron chi connectivity index (χ2n) is 7.46. The number of aliphatic hydroxyl groups is 1. The van der Waals surface area contributed by atoms with E-state index in [1.807, 2.05) is 53.2 Å². The third-order valence-electron chi connectivity index (χ3n) is 5.67. The highest BCUT2D eigenvalue weighted by Gasteiger charge is 2.45. The Morgan fingerprint density at radius 1 is 1.30 bits per heavy atom. The molecule has 1 saturated heterocycles. The summed E-state index contributed by atoms with van der Waals surface area (Å²) in [7, 11) is 1.63. The van der Waals surface area contributed by atoms with Gasteiger partial charge < -0.3 is 15.2 Å². The van der Waals surface area contributed by atoms with Crippen LogP contribution in [0.25, 0.3) is 0 Å². The number of ether oxygens (including phenoxy) is 1. The highest BCUT2D eigenvalue weighted by molar-refractivity contribution is 7.08. The van der Waals surface area contributed by atoms with Crippen LogP contribution in [0.15, 0.2) is 65.5 Å². The molecule has 2 N–H and O–H groups in total. The lowest BCUT2D eigenvalue weighted by molar-refractivity contribution is -0.0185. The maximum absolute atomic E-state index is 12.9. The number of aliphatic hydroxyl groups excluding tert-OH is 1. The molecule has 0 aliphatic carbocycles. The van der Waals surface area contributed by atoms with Gasteiger partial charge in [0.05, 0.1) is 30.0 Å². The van der Waals surface area contributed by atoms with E-state index < -0.39 is 11.6 Å². The van der Waals surface area contributed by atoms with Gasteiger partial charge in [-0.3, -0.25) is 14.7 Å². The van der Waals surface area contributed by atoms with Gasteiger partial charge in [0.15, 0.2) is 0 Å². The molecule has 2 atom stereocenters. The van der Waals surface area contributed by atoms with E-state index in [1.54, 1.807) is 19.4 Å². The number of hydrogen-bond acceptors (Lipinski definition) is 6. The van der Waals surface area contributed by atoms with Gasteiger partial charge in [-0.05, 0) is 35.6 Å². The Balaban J connectivity index is 1.57. The van der Waals surface area contributed by atoms with Gasteiger partial charge in [0.2, 0.25) is 0 Å². The highest BCUT2D eigenvalue weighted by atomic mass is 32.1. The molecule has 0 saturated carbocycles. The number of aromatic nitrogens is 1. The van der Waals surface area contributed by atoms with Crippen molar-refractivity contribution >= 4 is 17.2 Å². The minimum atomic E-state index is -0.842. The fourth-order valence-electron chi connectivity index (χ4n) is 4.03. The Bertz CT molecular complexity index is 980. The smallest absolute Gasteiger partial charge is 0.252 e. The first-order valence-electron chi connectivity index (χ1n) is 9.91. The monoisotopic (exact) mass is 423 g/mol. The summed E-state index contributed by atoms with van der Waals surface area (Å²) in [6, 6.07) is 15.3. The first-order valence-corrected chi connectivity index (χ1v) is 10.9. The van der Waals surface area contributed by atoms with E-state index in [4.69, 9.17) is 4.74 Å². The van der Waals surface area contributed by atoms with E-state index in [9.17, 15) is 9.90 Å². The summed E-state index contributed by atoms with van der Waals surface area (Å²) in [6.45, 7) is 1.69. The van der Waals surface area contributed by atoms with Gasteiger partial charge in [0.25, 0.3) is 5.91 Å². The van der Waals surface area contributed by atoms with Gasteiger partial charge in [-0.1, -0.05) is 30.3 Å². The highest BCUT2D eigenvalue weighted by Crippen LogP contribution is 2.34. The average Bonchev–Trinajstić information content (AvgIpc) is 3.32. The largest absolute Gasteiger partial charge is 0.495 e. The van der Waals surface area contributed by atoms with Crippen LogP contribution in [-0.2, 0) is 12.1 Å². The number of amides is 1. The van der Waals surface area contributed by atoms with Crippen molar-refractivity contribution in [2.24, 2.45) is 0 Å². The summed E-state index contributed by atoms with van der Waals surface area (Å²) < 4.78 is 5.41. The summed E-state index contributed by atoms with van der Waals surface area (Å²) in [5, 5.41) is 18.1. The molecule has 0 bridgehead atoms. The second kappa shape index (κ2) is 8.95. The molecule has 0 spiro atoms. The number of piperidine rings is 1. The van der Waals surface area contributed by atoms with Crippen molar-refractivity contribution in [2.75, 3.05) is 20.2 Å². The van der Waals surface area contributed by atoms with Crippen molar-refractivity contribution in [3.8, 4) is 5.75 Å². The van der Waals surface area contributed by atoms with Crippen LogP contribution in [-0.4, -0.2) is 47.2 Å². The normalized spacial score (nSPS) is 21.9. The van der Waals surface area contributed by atoms with Crippen molar-refractivity contribution in [1.82, 2.24) is 15.2 Å². The Kier molecular flexibility index (Phi) is 6.13. The van der Waals surface area contributed by atoms with E-state index in [-0.39, 0.29) is 5.91 Å². The fourth-order valence-corrected chi connectivity index (χ4v) is 4.67. The molecule has 3 aromatic rings. The summed E-state index contributed by atoms with van der Waals surface area (Å²) in [4.78, 5) is 19.5. The van der Waals surface area contributed by atoms with Crippen LogP contribution >= 0.6 is 11.3 Å². The quantitative estimate of drug-likeness (QED) is 0.638. The number of rotatable bonds is 6. The summed E-state index contributed by atoms with van der Waals surface area (Å²) >= 11 is 1.48. The first kappa shape index (κ1) is 20.5. The zero-order chi connectivity index (χ0) is 21.0. The molecule has 1 aliphatic rings. The Morgan fingerprint density at radius 3 is 2.83 bits per heavy atom. The molecule has 1 aromatic carbocycles. The maximum Gasteiger partial charge on any atom is 0.252 e. The van der Waals surface area contributed by atoms with Gasteiger partial charge in [0.1, 0.15) is 5.75 Å². The maximum atomic E-state index is 12.9. The number of likely N-dealkylation sites (tertiary alicyclic amines) is 1. The Labute approximate surface area is 180 Å². The van der Waals surface area contributed by atoms with E-state index >= 15 is 0 Å². The van der Waals surface area contributed by atoms with Gasteiger partial charge in [0, 0.05) is 31.2 Å². The molecule has 30 heavy (non-hydrogen) atoms. The third-order valence-corrected chi connectivity index (χ3v) is 6.36. The topological polar surface area (TPSA) is 74.7 Å². The molecule has 7 heteroatoms. The van der Waals surface area contributed by atoms with Gasteiger partial charge in [-0.15, -0.1) is 0 Å². The zero-order valence-corrected chi connectivity index (χ0v) is 17.6. The number of nitrogens with one attached hydrogen (secondary N) is 1. The molecule has 0 unspecified atom stereocenters. The van der Waals surface area contributed by atoms with Crippen LogP contribution in [0.2, 0.25) is 0 Å². The number of β-amino-alcohol motifs (C(OH)–C–C–N with tert-alkyl or cyclic N) is 1. The summed E-state index contributed by atoms with van der Waals surface area (Å²) in [5.74, 6) is 0.566. The molecule has 2 aromatic heterocycles. The van der Waals surface area contributed by atoms with Gasteiger partial charge in [-0.25, -0.2) is 0 Å². The molecular weight excluding hydrogens is 398 g/mol. The predicted molar refractivity (Wildman–Crippen MR) is 117 cm³/mol. The molecule has 1 aliphatic heterocycles. The Hall–Kier alpha value is -2.74. The Morgan fingerprint density at radius 2 is 2.13 bits per heavy atom. The van der Waals surface area contributed by atoms with E-state index in [0.29, 0.717) is 31.6 Å². The molecule has 1 fully saturated rings. The second-order valence-corrected chi connectivity index (χ2v) is 8.24. The molecule has 0 radical (unpaired) electrons. The fraction of sp³-hybridized carbons (Fsp3) is 0.304. The number of carbonyl (C=O) groups excluding carboxylic acids is 1. The molecule has 1 amide bonds. The van der Waals surface area contributed by atoms with Crippen molar-refractivity contribution in [1.29, 1.82) is 0 Å². The molecule has 4 rings (SSSR count). The van der Waals surface area contributed by atoms with Crippen molar-refractivity contribution in [2.45, 2.75) is 24.6 Å². The molecule has 3 heterocycles. The van der Waals surface area contributed by atoms with Crippen LogP contribution < -0.4 is 10.1 Å². The van der Waals surface area contributed by atoms with Crippen LogP contribution in [0.1, 0.15) is 28.0 Å². The SMILES string of the molecule is COc1cccnc1CN1CC[C@](NC(=O)c2ccsc2)(c2ccccc2)[C@H](O)C1. The number of pyridine rings is 1. The van der Waals surface area contributed by atoms with Gasteiger partial charge in [-0.2, -0.15) is 11.3 Å².